The number of amides is 1. The van der Waals surface area contributed by atoms with Crippen LogP contribution in [0.3, 0.4) is 0 Å². The van der Waals surface area contributed by atoms with E-state index >= 15 is 0 Å². The van der Waals surface area contributed by atoms with Crippen molar-refractivity contribution in [2.75, 3.05) is 32.1 Å². The van der Waals surface area contributed by atoms with E-state index in [2.05, 4.69) is 22.5 Å². The van der Waals surface area contributed by atoms with E-state index in [9.17, 15) is 9.59 Å². The first-order chi connectivity index (χ1) is 14.5. The summed E-state index contributed by atoms with van der Waals surface area (Å²) in [6, 6.07) is 10.8. The van der Waals surface area contributed by atoms with Crippen LogP contribution in [0.2, 0.25) is 0 Å². The van der Waals surface area contributed by atoms with E-state index in [1.54, 1.807) is 12.1 Å². The van der Waals surface area contributed by atoms with E-state index in [-0.39, 0.29) is 29.5 Å². The number of hydrogen-bond acceptors (Lipinski definition) is 5. The van der Waals surface area contributed by atoms with Crippen molar-refractivity contribution in [2.24, 2.45) is 16.8 Å². The van der Waals surface area contributed by atoms with E-state index in [0.29, 0.717) is 18.8 Å². The van der Waals surface area contributed by atoms with Gasteiger partial charge in [-0.1, -0.05) is 19.1 Å². The number of nitrogens with one attached hydrogen (secondary N) is 2. The van der Waals surface area contributed by atoms with E-state index < -0.39 is 0 Å². The van der Waals surface area contributed by atoms with Gasteiger partial charge in [0.25, 0.3) is 5.91 Å². The number of carbonyl (C=O) groups is 2. The van der Waals surface area contributed by atoms with Gasteiger partial charge in [0.15, 0.2) is 11.7 Å². The smallest absolute Gasteiger partial charge is 0.310 e. The van der Waals surface area contributed by atoms with Crippen LogP contribution in [0.25, 0.3) is 0 Å². The largest absolute Gasteiger partial charge is 0.469 e. The number of esters is 1. The summed E-state index contributed by atoms with van der Waals surface area (Å²) < 4.78 is 10.0. The summed E-state index contributed by atoms with van der Waals surface area (Å²) in [7, 11) is 1.43. The van der Waals surface area contributed by atoms with Crippen molar-refractivity contribution in [1.29, 1.82) is 0 Å². The number of methoxy groups -OCH3 is 1. The van der Waals surface area contributed by atoms with Gasteiger partial charge in [0.05, 0.1) is 25.8 Å². The van der Waals surface area contributed by atoms with Crippen LogP contribution in [0.5, 0.6) is 0 Å². The Labute approximate surface area is 176 Å². The number of rotatable bonds is 6. The fraction of sp³-hybridized carbons (Fsp3) is 0.409. The molecular weight excluding hydrogens is 384 g/mol. The van der Waals surface area contributed by atoms with Crippen molar-refractivity contribution < 1.29 is 18.7 Å². The first kappa shape index (κ1) is 21.4. The summed E-state index contributed by atoms with van der Waals surface area (Å²) in [6.45, 7) is 6.56. The second-order valence-electron chi connectivity index (χ2n) is 7.31. The van der Waals surface area contributed by atoms with E-state index in [4.69, 9.17) is 14.1 Å². The summed E-state index contributed by atoms with van der Waals surface area (Å²) in [5.74, 6) is 0.590. The predicted octanol–water partition coefficient (Wildman–Crippen LogP) is 2.74. The Hall–Kier alpha value is -3.29. The molecule has 1 aromatic heterocycles. The second-order valence-corrected chi connectivity index (χ2v) is 7.31. The average Bonchev–Trinajstić information content (AvgIpc) is 3.41. The van der Waals surface area contributed by atoms with Crippen LogP contribution in [0, 0.1) is 11.8 Å². The van der Waals surface area contributed by atoms with Crippen molar-refractivity contribution in [2.45, 2.75) is 20.4 Å². The quantitative estimate of drug-likeness (QED) is 0.430. The first-order valence-electron chi connectivity index (χ1n) is 10.1. The normalized spacial score (nSPS) is 18.9. The van der Waals surface area contributed by atoms with Gasteiger partial charge in [-0.05, 0) is 42.7 Å². The van der Waals surface area contributed by atoms with Gasteiger partial charge in [-0.3, -0.25) is 9.59 Å². The van der Waals surface area contributed by atoms with Crippen molar-refractivity contribution in [1.82, 2.24) is 10.2 Å². The summed E-state index contributed by atoms with van der Waals surface area (Å²) in [6.07, 6.45) is 1.46. The number of nitrogens with zero attached hydrogens (tertiary/aromatic N) is 2. The molecule has 1 saturated heterocycles. The molecule has 1 aromatic carbocycles. The maximum Gasteiger partial charge on any atom is 0.310 e. The maximum atomic E-state index is 12.2. The molecule has 8 nitrogen and oxygen atoms in total. The Morgan fingerprint density at radius 1 is 1.27 bits per heavy atom. The maximum absolute atomic E-state index is 12.2. The lowest BCUT2D eigenvalue weighted by Crippen LogP contribution is -2.40. The minimum atomic E-state index is -0.297. The summed E-state index contributed by atoms with van der Waals surface area (Å²) in [5.41, 5.74) is 1.63. The number of guanidine groups is 1. The molecular formula is C22H28N4O4. The zero-order valence-electron chi connectivity index (χ0n) is 17.6. The van der Waals surface area contributed by atoms with Crippen LogP contribution in [-0.2, 0) is 16.1 Å². The molecule has 0 bridgehead atoms. The molecule has 2 N–H and O–H groups in total. The molecule has 3 rings (SSSR count). The van der Waals surface area contributed by atoms with Gasteiger partial charge in [0, 0.05) is 25.3 Å². The lowest BCUT2D eigenvalue weighted by atomic mass is 9.99. The average molecular weight is 412 g/mol. The fourth-order valence-corrected chi connectivity index (χ4v) is 3.54. The van der Waals surface area contributed by atoms with Crippen molar-refractivity contribution in [3.05, 3.63) is 54.0 Å². The molecule has 1 fully saturated rings. The number of benzene rings is 1. The molecule has 0 spiro atoms. The highest BCUT2D eigenvalue weighted by atomic mass is 16.5. The third-order valence-corrected chi connectivity index (χ3v) is 5.09. The van der Waals surface area contributed by atoms with Crippen molar-refractivity contribution >= 4 is 23.5 Å². The summed E-state index contributed by atoms with van der Waals surface area (Å²) >= 11 is 0. The predicted molar refractivity (Wildman–Crippen MR) is 114 cm³/mol. The van der Waals surface area contributed by atoms with E-state index in [0.717, 1.165) is 24.6 Å². The molecule has 160 valence electrons. The van der Waals surface area contributed by atoms with Gasteiger partial charge < -0.3 is 24.7 Å². The first-order valence-corrected chi connectivity index (χ1v) is 10.1. The zero-order chi connectivity index (χ0) is 21.5. The third kappa shape index (κ3) is 5.20. The van der Waals surface area contributed by atoms with E-state index in [1.165, 1.54) is 13.4 Å². The molecule has 2 heterocycles. The molecule has 1 aliphatic rings. The molecule has 30 heavy (non-hydrogen) atoms. The molecule has 8 heteroatoms. The Balaban J connectivity index is 1.68. The Bertz CT molecular complexity index is 894. The van der Waals surface area contributed by atoms with Gasteiger partial charge >= 0.3 is 5.97 Å². The summed E-state index contributed by atoms with van der Waals surface area (Å²) in [4.78, 5) is 31.0. The second kappa shape index (κ2) is 9.96. The molecule has 2 unspecified atom stereocenters. The van der Waals surface area contributed by atoms with Crippen LogP contribution in [0.4, 0.5) is 5.69 Å². The minimum absolute atomic E-state index is 0.154. The highest BCUT2D eigenvalue weighted by molar-refractivity contribution is 6.02. The number of anilines is 1. The molecule has 1 amide bonds. The fourth-order valence-electron chi connectivity index (χ4n) is 3.54. The monoisotopic (exact) mass is 412 g/mol. The van der Waals surface area contributed by atoms with E-state index in [1.807, 2.05) is 31.2 Å². The number of carbonyl (C=O) groups excluding carboxylic acids is 2. The van der Waals surface area contributed by atoms with Crippen LogP contribution in [0.1, 0.15) is 30.0 Å². The number of aliphatic imine (C=N–C) groups is 1. The number of furan rings is 1. The van der Waals surface area contributed by atoms with Gasteiger partial charge in [0.1, 0.15) is 0 Å². The van der Waals surface area contributed by atoms with Gasteiger partial charge in [-0.15, -0.1) is 0 Å². The number of likely N-dealkylation sites (tertiary alicyclic amines) is 1. The molecule has 2 atom stereocenters. The van der Waals surface area contributed by atoms with Gasteiger partial charge in [-0.25, -0.2) is 4.99 Å². The molecule has 0 radical (unpaired) electrons. The number of hydrogen-bond donors (Lipinski definition) is 2. The van der Waals surface area contributed by atoms with Crippen LogP contribution < -0.4 is 10.6 Å². The SMILES string of the molecule is CCNC(=NCc1cccc(NC(=O)c2ccco2)c1)N1CC(C)C(C(=O)OC)C1. The molecule has 0 aliphatic carbocycles. The Morgan fingerprint density at radius 3 is 2.80 bits per heavy atom. The van der Waals surface area contributed by atoms with Crippen LogP contribution in [-0.4, -0.2) is 49.5 Å². The van der Waals surface area contributed by atoms with Crippen LogP contribution in [0.15, 0.2) is 52.1 Å². The van der Waals surface area contributed by atoms with Crippen molar-refractivity contribution in [3.8, 4) is 0 Å². The molecule has 0 saturated carbocycles. The lowest BCUT2D eigenvalue weighted by Gasteiger charge is -2.21. The highest BCUT2D eigenvalue weighted by Crippen LogP contribution is 2.24. The third-order valence-electron chi connectivity index (χ3n) is 5.09. The Morgan fingerprint density at radius 2 is 2.10 bits per heavy atom. The Kier molecular flexibility index (Phi) is 7.11. The standard InChI is InChI=1S/C22H28N4O4/c1-4-23-22(26-13-15(2)18(14-26)21(28)29-3)24-12-16-7-5-8-17(11-16)25-20(27)19-9-6-10-30-19/h5-11,15,18H,4,12-14H2,1-3H3,(H,23,24)(H,25,27). The number of ether oxygens (including phenoxy) is 1. The lowest BCUT2D eigenvalue weighted by molar-refractivity contribution is -0.145. The van der Waals surface area contributed by atoms with Crippen LogP contribution >= 0.6 is 0 Å². The highest BCUT2D eigenvalue weighted by Gasteiger charge is 2.36. The summed E-state index contributed by atoms with van der Waals surface area (Å²) in [5, 5.41) is 6.12. The molecule has 2 aromatic rings. The van der Waals surface area contributed by atoms with Gasteiger partial charge in [-0.2, -0.15) is 0 Å². The molecule has 1 aliphatic heterocycles. The topological polar surface area (TPSA) is 96.2 Å². The van der Waals surface area contributed by atoms with Gasteiger partial charge in [0.2, 0.25) is 0 Å². The minimum Gasteiger partial charge on any atom is -0.469 e. The van der Waals surface area contributed by atoms with Crippen molar-refractivity contribution in [3.63, 3.8) is 0 Å². The zero-order valence-corrected chi connectivity index (χ0v) is 17.6.